The molecule has 0 aromatic heterocycles. The van der Waals surface area contributed by atoms with E-state index in [2.05, 4.69) is 27.7 Å². The molecular formula is C34H59NO5S. The van der Waals surface area contributed by atoms with Crippen LogP contribution in [0.1, 0.15) is 118 Å². The lowest BCUT2D eigenvalue weighted by Crippen LogP contribution is -2.62. The summed E-state index contributed by atoms with van der Waals surface area (Å²) in [7, 11) is -1.60. The fraction of sp³-hybridized carbons (Fsp3) is 0.971. The maximum absolute atomic E-state index is 12.9. The lowest BCUT2D eigenvalue weighted by atomic mass is 9.41. The maximum atomic E-state index is 12.9. The van der Waals surface area contributed by atoms with Crippen LogP contribution < -0.4 is 0 Å². The van der Waals surface area contributed by atoms with E-state index in [1.54, 1.807) is 11.9 Å². The van der Waals surface area contributed by atoms with Crippen LogP contribution in [0.15, 0.2) is 0 Å². The summed E-state index contributed by atoms with van der Waals surface area (Å²) in [6, 6.07) is 0. The lowest BCUT2D eigenvalue weighted by Gasteiger charge is -2.64. The smallest absolute Gasteiger partial charge is 0.237 e. The summed E-state index contributed by atoms with van der Waals surface area (Å²) in [4.78, 5) is 14.6. The van der Waals surface area contributed by atoms with Crippen molar-refractivity contribution in [1.29, 1.82) is 0 Å². The molecule has 0 spiro atoms. The Bertz CT molecular complexity index is 1040. The van der Waals surface area contributed by atoms with Crippen molar-refractivity contribution < 1.29 is 23.4 Å². The summed E-state index contributed by atoms with van der Waals surface area (Å²) in [5.41, 5.74) is 0.417. The first kappa shape index (κ1) is 31.8. The molecule has 0 heterocycles. The Morgan fingerprint density at radius 1 is 0.927 bits per heavy atom. The number of carbonyl (C=O) groups excluding carboxylic acids is 1. The summed E-state index contributed by atoms with van der Waals surface area (Å²) in [6.45, 7) is 10.2. The zero-order valence-corrected chi connectivity index (χ0v) is 27.4. The quantitative estimate of drug-likeness (QED) is 0.368. The standard InChI is InChI=1S/C34H59NO5S/c1-6-25-29-20-23(36)14-17-34(29,4)28-15-18-33(3)26(12-13-27(33)31(28)32(25)38)22(2)16-19-35(5)30(37)21-41(39,40)24-10-8-7-9-11-24/h22-29,31-32,36,38H,6-21H2,1-5H3/t22-,23-,25-,26-,27+,28+,29?,31+,32-,33?,34?/m1/s1. The van der Waals surface area contributed by atoms with Crippen molar-refractivity contribution in [2.45, 2.75) is 135 Å². The average Bonchev–Trinajstić information content (AvgIpc) is 3.30. The number of aliphatic hydroxyl groups is 2. The zero-order chi connectivity index (χ0) is 29.7. The minimum Gasteiger partial charge on any atom is -0.393 e. The van der Waals surface area contributed by atoms with Crippen molar-refractivity contribution in [2.75, 3.05) is 19.3 Å². The maximum Gasteiger partial charge on any atom is 0.237 e. The van der Waals surface area contributed by atoms with E-state index in [1.807, 2.05) is 0 Å². The summed E-state index contributed by atoms with van der Waals surface area (Å²) in [5.74, 6) is 2.53. The Morgan fingerprint density at radius 3 is 2.27 bits per heavy atom. The largest absolute Gasteiger partial charge is 0.393 e. The summed E-state index contributed by atoms with van der Waals surface area (Å²) in [5, 5.41) is 22.2. The van der Waals surface area contributed by atoms with Gasteiger partial charge >= 0.3 is 0 Å². The van der Waals surface area contributed by atoms with Gasteiger partial charge < -0.3 is 15.1 Å². The lowest BCUT2D eigenvalue weighted by molar-refractivity contribution is -0.203. The van der Waals surface area contributed by atoms with Gasteiger partial charge in [0.05, 0.1) is 17.5 Å². The van der Waals surface area contributed by atoms with Crippen molar-refractivity contribution in [2.24, 2.45) is 52.3 Å². The van der Waals surface area contributed by atoms with Gasteiger partial charge in [-0.2, -0.15) is 0 Å². The van der Waals surface area contributed by atoms with Crippen molar-refractivity contribution in [3.05, 3.63) is 0 Å². The SMILES string of the molecule is CC[C@@H]1C2C[C@H](O)CCC2(C)[C@H]2CCC3(C)[C@@H]([C@H](C)CCN(C)C(=O)CS(=O)(=O)C4CCCCC4)CC[C@H]3[C@@H]2[C@@H]1O. The number of hydrogen-bond acceptors (Lipinski definition) is 5. The van der Waals surface area contributed by atoms with Gasteiger partial charge in [-0.05, 0) is 116 Å². The van der Waals surface area contributed by atoms with Crippen molar-refractivity contribution >= 4 is 15.7 Å². The molecule has 41 heavy (non-hydrogen) atoms. The summed E-state index contributed by atoms with van der Waals surface area (Å²) < 4.78 is 25.8. The topological polar surface area (TPSA) is 94.9 Å². The van der Waals surface area contributed by atoms with Crippen LogP contribution in [0.2, 0.25) is 0 Å². The van der Waals surface area contributed by atoms with E-state index >= 15 is 0 Å². The Hall–Kier alpha value is -0.660. The number of amides is 1. The van der Waals surface area contributed by atoms with Gasteiger partial charge in [0.25, 0.3) is 0 Å². The number of fused-ring (bicyclic) bond motifs is 5. The Morgan fingerprint density at radius 2 is 1.59 bits per heavy atom. The summed E-state index contributed by atoms with van der Waals surface area (Å²) in [6.07, 6.45) is 13.4. The van der Waals surface area contributed by atoms with E-state index in [-0.39, 0.29) is 45.9 Å². The Labute approximate surface area is 250 Å². The van der Waals surface area contributed by atoms with Crippen LogP contribution >= 0.6 is 0 Å². The highest BCUT2D eigenvalue weighted by Gasteiger charge is 2.64. The van der Waals surface area contributed by atoms with E-state index < -0.39 is 9.84 Å². The number of nitrogens with zero attached hydrogens (tertiary/aromatic N) is 1. The first-order valence-corrected chi connectivity index (χ1v) is 18.9. The van der Waals surface area contributed by atoms with Gasteiger partial charge in [0.15, 0.2) is 9.84 Å². The van der Waals surface area contributed by atoms with Gasteiger partial charge in [0.1, 0.15) is 5.75 Å². The van der Waals surface area contributed by atoms with E-state index in [4.69, 9.17) is 0 Å². The molecule has 11 atom stereocenters. The molecule has 7 heteroatoms. The van der Waals surface area contributed by atoms with E-state index in [1.165, 1.54) is 25.7 Å². The van der Waals surface area contributed by atoms with Gasteiger partial charge in [-0.3, -0.25) is 4.79 Å². The van der Waals surface area contributed by atoms with Crippen LogP contribution in [0.25, 0.3) is 0 Å². The Kier molecular flexibility index (Phi) is 9.32. The molecule has 5 aliphatic rings. The Balaban J connectivity index is 1.23. The van der Waals surface area contributed by atoms with E-state index in [0.29, 0.717) is 54.9 Å². The van der Waals surface area contributed by atoms with Gasteiger partial charge in [-0.15, -0.1) is 0 Å². The second kappa shape index (κ2) is 12.0. The van der Waals surface area contributed by atoms with Crippen LogP contribution in [0.5, 0.6) is 0 Å². The fourth-order valence-electron chi connectivity index (χ4n) is 11.5. The van der Waals surface area contributed by atoms with E-state index in [0.717, 1.165) is 51.4 Å². The van der Waals surface area contributed by atoms with Crippen molar-refractivity contribution in [3.63, 3.8) is 0 Å². The second-order valence-corrected chi connectivity index (χ2v) is 18.1. The van der Waals surface area contributed by atoms with Gasteiger partial charge in [-0.1, -0.05) is 53.4 Å². The molecule has 2 N–H and O–H groups in total. The van der Waals surface area contributed by atoms with Crippen LogP contribution in [0.3, 0.4) is 0 Å². The number of aliphatic hydroxyl groups excluding tert-OH is 2. The van der Waals surface area contributed by atoms with Crippen LogP contribution in [0, 0.1) is 52.3 Å². The molecular weight excluding hydrogens is 534 g/mol. The van der Waals surface area contributed by atoms with Crippen LogP contribution in [-0.2, 0) is 14.6 Å². The molecule has 0 aromatic rings. The molecule has 0 aromatic carbocycles. The predicted molar refractivity (Wildman–Crippen MR) is 164 cm³/mol. The average molecular weight is 594 g/mol. The number of rotatable bonds is 8. The second-order valence-electron chi connectivity index (χ2n) is 15.8. The molecule has 5 rings (SSSR count). The first-order chi connectivity index (χ1) is 19.3. The molecule has 3 unspecified atom stereocenters. The highest BCUT2D eigenvalue weighted by atomic mass is 32.2. The van der Waals surface area contributed by atoms with Gasteiger partial charge in [0.2, 0.25) is 5.91 Å². The summed E-state index contributed by atoms with van der Waals surface area (Å²) >= 11 is 0. The minimum absolute atomic E-state index is 0.199. The fourth-order valence-corrected chi connectivity index (χ4v) is 13.3. The van der Waals surface area contributed by atoms with Crippen LogP contribution in [-0.4, -0.2) is 66.2 Å². The molecule has 1 amide bonds. The van der Waals surface area contributed by atoms with Crippen molar-refractivity contribution in [1.82, 2.24) is 4.90 Å². The molecule has 6 nitrogen and oxygen atoms in total. The monoisotopic (exact) mass is 593 g/mol. The highest BCUT2D eigenvalue weighted by Crippen LogP contribution is 2.69. The third-order valence-electron chi connectivity index (χ3n) is 13.9. The number of carbonyl (C=O) groups is 1. The molecule has 0 bridgehead atoms. The molecule has 236 valence electrons. The predicted octanol–water partition coefficient (Wildman–Crippen LogP) is 5.85. The normalized spacial score (nSPS) is 44.0. The molecule has 5 fully saturated rings. The molecule has 0 aliphatic heterocycles. The zero-order valence-electron chi connectivity index (χ0n) is 26.6. The molecule has 5 aliphatic carbocycles. The minimum atomic E-state index is -3.38. The molecule has 5 saturated carbocycles. The van der Waals surface area contributed by atoms with Crippen LogP contribution in [0.4, 0.5) is 0 Å². The third-order valence-corrected chi connectivity index (χ3v) is 16.0. The highest BCUT2D eigenvalue weighted by molar-refractivity contribution is 7.92. The molecule has 0 radical (unpaired) electrons. The third kappa shape index (κ3) is 5.67. The van der Waals surface area contributed by atoms with Crippen molar-refractivity contribution in [3.8, 4) is 0 Å². The molecule has 0 saturated heterocycles. The first-order valence-electron chi connectivity index (χ1n) is 17.1. The number of sulfone groups is 1. The number of hydrogen-bond donors (Lipinski definition) is 2. The van der Waals surface area contributed by atoms with Gasteiger partial charge in [-0.25, -0.2) is 8.42 Å². The van der Waals surface area contributed by atoms with E-state index in [9.17, 15) is 23.4 Å². The van der Waals surface area contributed by atoms with Gasteiger partial charge in [0, 0.05) is 13.6 Å².